The van der Waals surface area contributed by atoms with Crippen molar-refractivity contribution in [2.24, 2.45) is 0 Å². The Morgan fingerprint density at radius 3 is 2.75 bits per heavy atom. The summed E-state index contributed by atoms with van der Waals surface area (Å²) in [6.45, 7) is 7.76. The zero-order chi connectivity index (χ0) is 11.8. The highest BCUT2D eigenvalue weighted by atomic mass is 32.2. The molecular formula is C13H20N2S. The fraction of sp³-hybridized carbons (Fsp3) is 0.538. The van der Waals surface area contributed by atoms with Crippen LogP contribution in [-0.4, -0.2) is 22.4 Å². The fourth-order valence-corrected chi connectivity index (χ4v) is 2.54. The molecule has 0 radical (unpaired) electrons. The molecule has 88 valence electrons. The average Bonchev–Trinajstić information content (AvgIpc) is 2.61. The molecule has 1 aromatic carbocycles. The summed E-state index contributed by atoms with van der Waals surface area (Å²) in [5.41, 5.74) is 9.68. The summed E-state index contributed by atoms with van der Waals surface area (Å²) in [5, 5.41) is 0. The molecule has 2 N–H and O–H groups in total. The van der Waals surface area contributed by atoms with Crippen molar-refractivity contribution in [2.75, 3.05) is 18.5 Å². The van der Waals surface area contributed by atoms with Gasteiger partial charge in [-0.05, 0) is 37.3 Å². The lowest BCUT2D eigenvalue weighted by Crippen LogP contribution is -2.32. The predicted molar refractivity (Wildman–Crippen MR) is 72.6 cm³/mol. The number of fused-ring (bicyclic) bond motifs is 1. The topological polar surface area (TPSA) is 29.3 Å². The lowest BCUT2D eigenvalue weighted by Gasteiger charge is -2.28. The molecule has 0 saturated heterocycles. The summed E-state index contributed by atoms with van der Waals surface area (Å²) < 4.78 is 0.316. The number of nitrogen functional groups attached to an aromatic ring is 1. The molecule has 1 aliphatic heterocycles. The standard InChI is InChI=1S/C13H20N2S/c1-13(2,16-3)9-15-7-10-5-4-6-12(14)11(10)8-15/h4-6H,7-9,14H2,1-3H3. The third-order valence-corrected chi connectivity index (χ3v) is 4.48. The Kier molecular flexibility index (Phi) is 3.17. The summed E-state index contributed by atoms with van der Waals surface area (Å²) in [4.78, 5) is 2.48. The Balaban J connectivity index is 2.09. The highest BCUT2D eigenvalue weighted by molar-refractivity contribution is 7.99. The molecule has 0 amide bonds. The molecule has 0 unspecified atom stereocenters. The number of nitrogens with zero attached hydrogens (tertiary/aromatic N) is 1. The van der Waals surface area contributed by atoms with Gasteiger partial charge in [0.05, 0.1) is 0 Å². The van der Waals surface area contributed by atoms with Crippen LogP contribution in [0.15, 0.2) is 18.2 Å². The first-order chi connectivity index (χ1) is 7.52. The van der Waals surface area contributed by atoms with Crippen LogP contribution in [0.5, 0.6) is 0 Å². The zero-order valence-electron chi connectivity index (χ0n) is 10.3. The monoisotopic (exact) mass is 236 g/mol. The normalized spacial score (nSPS) is 16.4. The van der Waals surface area contributed by atoms with Crippen molar-refractivity contribution in [1.29, 1.82) is 0 Å². The lowest BCUT2D eigenvalue weighted by atomic mass is 10.1. The first-order valence-corrected chi connectivity index (χ1v) is 6.88. The molecule has 0 saturated carbocycles. The predicted octanol–water partition coefficient (Wildman–Crippen LogP) is 2.73. The number of thioether (sulfide) groups is 1. The number of rotatable bonds is 3. The van der Waals surface area contributed by atoms with Gasteiger partial charge in [0, 0.05) is 30.1 Å². The van der Waals surface area contributed by atoms with Crippen LogP contribution in [0.2, 0.25) is 0 Å². The first kappa shape index (κ1) is 11.8. The van der Waals surface area contributed by atoms with E-state index in [9.17, 15) is 0 Å². The minimum Gasteiger partial charge on any atom is -0.398 e. The van der Waals surface area contributed by atoms with Crippen molar-refractivity contribution < 1.29 is 0 Å². The van der Waals surface area contributed by atoms with E-state index in [0.717, 1.165) is 25.3 Å². The van der Waals surface area contributed by atoms with Gasteiger partial charge >= 0.3 is 0 Å². The number of hydrogen-bond acceptors (Lipinski definition) is 3. The molecule has 0 fully saturated rings. The van der Waals surface area contributed by atoms with Gasteiger partial charge in [-0.15, -0.1) is 0 Å². The molecule has 0 atom stereocenters. The minimum atomic E-state index is 0.316. The third kappa shape index (κ3) is 2.36. The summed E-state index contributed by atoms with van der Waals surface area (Å²) in [7, 11) is 0. The number of anilines is 1. The van der Waals surface area contributed by atoms with E-state index in [1.807, 2.05) is 17.8 Å². The van der Waals surface area contributed by atoms with E-state index < -0.39 is 0 Å². The molecule has 2 rings (SSSR count). The highest BCUT2D eigenvalue weighted by Gasteiger charge is 2.26. The Morgan fingerprint density at radius 2 is 2.12 bits per heavy atom. The van der Waals surface area contributed by atoms with E-state index in [2.05, 4.69) is 37.1 Å². The maximum absolute atomic E-state index is 6.00. The van der Waals surface area contributed by atoms with E-state index in [1.54, 1.807) is 0 Å². The van der Waals surface area contributed by atoms with E-state index in [0.29, 0.717) is 4.75 Å². The van der Waals surface area contributed by atoms with Crippen molar-refractivity contribution in [1.82, 2.24) is 4.90 Å². The van der Waals surface area contributed by atoms with Gasteiger partial charge in [-0.25, -0.2) is 0 Å². The molecule has 16 heavy (non-hydrogen) atoms. The molecule has 1 heterocycles. The highest BCUT2D eigenvalue weighted by Crippen LogP contribution is 2.31. The second kappa shape index (κ2) is 4.30. The Morgan fingerprint density at radius 1 is 1.38 bits per heavy atom. The molecule has 1 aromatic rings. The lowest BCUT2D eigenvalue weighted by molar-refractivity contribution is 0.264. The van der Waals surface area contributed by atoms with Crippen LogP contribution in [0, 0.1) is 0 Å². The van der Waals surface area contributed by atoms with Crippen molar-refractivity contribution in [3.8, 4) is 0 Å². The molecule has 0 spiro atoms. The molecule has 0 bridgehead atoms. The van der Waals surface area contributed by atoms with E-state index >= 15 is 0 Å². The Hall–Kier alpha value is -0.670. The van der Waals surface area contributed by atoms with Crippen LogP contribution in [0.25, 0.3) is 0 Å². The summed E-state index contributed by atoms with van der Waals surface area (Å²) in [5.74, 6) is 0. The van der Waals surface area contributed by atoms with Crippen LogP contribution in [0.3, 0.4) is 0 Å². The van der Waals surface area contributed by atoms with Crippen LogP contribution in [0.1, 0.15) is 25.0 Å². The molecule has 0 aromatic heterocycles. The number of benzene rings is 1. The van der Waals surface area contributed by atoms with Crippen molar-refractivity contribution in [3.05, 3.63) is 29.3 Å². The quantitative estimate of drug-likeness (QED) is 0.818. The summed E-state index contributed by atoms with van der Waals surface area (Å²) in [6, 6.07) is 6.25. The van der Waals surface area contributed by atoms with Crippen molar-refractivity contribution in [2.45, 2.75) is 31.7 Å². The average molecular weight is 236 g/mol. The third-order valence-electron chi connectivity index (χ3n) is 3.24. The van der Waals surface area contributed by atoms with Crippen molar-refractivity contribution in [3.63, 3.8) is 0 Å². The van der Waals surface area contributed by atoms with Crippen LogP contribution < -0.4 is 5.73 Å². The van der Waals surface area contributed by atoms with Crippen LogP contribution in [-0.2, 0) is 13.1 Å². The SMILES string of the molecule is CSC(C)(C)CN1Cc2cccc(N)c2C1. The van der Waals surface area contributed by atoms with Gasteiger partial charge < -0.3 is 5.73 Å². The van der Waals surface area contributed by atoms with Crippen LogP contribution >= 0.6 is 11.8 Å². The van der Waals surface area contributed by atoms with Crippen molar-refractivity contribution >= 4 is 17.4 Å². The molecule has 2 nitrogen and oxygen atoms in total. The van der Waals surface area contributed by atoms with E-state index in [-0.39, 0.29) is 0 Å². The minimum absolute atomic E-state index is 0.316. The van der Waals surface area contributed by atoms with E-state index in [1.165, 1.54) is 11.1 Å². The van der Waals surface area contributed by atoms with E-state index in [4.69, 9.17) is 5.73 Å². The molecule has 1 aliphatic rings. The maximum atomic E-state index is 6.00. The second-order valence-corrected chi connectivity index (χ2v) is 6.61. The Labute approximate surface area is 102 Å². The smallest absolute Gasteiger partial charge is 0.0363 e. The largest absolute Gasteiger partial charge is 0.398 e. The van der Waals surface area contributed by atoms with Gasteiger partial charge in [-0.3, -0.25) is 4.90 Å². The van der Waals surface area contributed by atoms with Gasteiger partial charge in [0.1, 0.15) is 0 Å². The molecule has 0 aliphatic carbocycles. The number of hydrogen-bond donors (Lipinski definition) is 1. The number of nitrogens with two attached hydrogens (primary N) is 1. The van der Waals surface area contributed by atoms with Gasteiger partial charge in [-0.2, -0.15) is 11.8 Å². The summed E-state index contributed by atoms with van der Waals surface area (Å²) >= 11 is 1.92. The van der Waals surface area contributed by atoms with Crippen LogP contribution in [0.4, 0.5) is 5.69 Å². The Bertz CT molecular complexity index is 388. The van der Waals surface area contributed by atoms with Gasteiger partial charge in [-0.1, -0.05) is 12.1 Å². The molecular weight excluding hydrogens is 216 g/mol. The van der Waals surface area contributed by atoms with Gasteiger partial charge in [0.2, 0.25) is 0 Å². The van der Waals surface area contributed by atoms with Gasteiger partial charge in [0.15, 0.2) is 0 Å². The maximum Gasteiger partial charge on any atom is 0.0363 e. The second-order valence-electron chi connectivity index (χ2n) is 5.09. The summed E-state index contributed by atoms with van der Waals surface area (Å²) in [6.07, 6.45) is 2.18. The zero-order valence-corrected chi connectivity index (χ0v) is 11.1. The van der Waals surface area contributed by atoms with Gasteiger partial charge in [0.25, 0.3) is 0 Å². The first-order valence-electron chi connectivity index (χ1n) is 5.65. The molecule has 3 heteroatoms. The fourth-order valence-electron chi connectivity index (χ4n) is 2.23.